The molecule has 5 rings (SSSR count). The lowest BCUT2D eigenvalue weighted by atomic mass is 10.1. The number of amides is 2. The summed E-state index contributed by atoms with van der Waals surface area (Å²) in [5, 5.41) is 3.73. The molecule has 0 spiro atoms. The van der Waals surface area contributed by atoms with E-state index in [1.807, 2.05) is 24.3 Å². The van der Waals surface area contributed by atoms with Crippen LogP contribution in [0.1, 0.15) is 6.42 Å². The van der Waals surface area contributed by atoms with E-state index < -0.39 is 0 Å². The summed E-state index contributed by atoms with van der Waals surface area (Å²) in [4.78, 5) is 36.6. The molecule has 166 valence electrons. The molecule has 0 bridgehead atoms. The second-order valence-corrected chi connectivity index (χ2v) is 8.01. The number of aromatic nitrogens is 3. The summed E-state index contributed by atoms with van der Waals surface area (Å²) < 4.78 is 6.75. The number of ether oxygens (including phenoxy) is 1. The Balaban J connectivity index is 1.68. The van der Waals surface area contributed by atoms with Crippen LogP contribution in [0.4, 0.5) is 10.5 Å². The van der Waals surface area contributed by atoms with Gasteiger partial charge in [0, 0.05) is 30.5 Å². The zero-order valence-corrected chi connectivity index (χ0v) is 18.5. The number of halogens is 1. The Bertz CT molecular complexity index is 1400. The zero-order chi connectivity index (χ0) is 22.9. The number of nitrogens with one attached hydrogen (secondary N) is 1. The minimum absolute atomic E-state index is 0.117. The van der Waals surface area contributed by atoms with Crippen molar-refractivity contribution in [3.05, 3.63) is 76.2 Å². The van der Waals surface area contributed by atoms with E-state index in [1.54, 1.807) is 42.3 Å². The fourth-order valence-corrected chi connectivity index (χ4v) is 3.98. The lowest BCUT2D eigenvalue weighted by Crippen LogP contribution is -2.46. The van der Waals surface area contributed by atoms with E-state index in [4.69, 9.17) is 21.3 Å². The smallest absolute Gasteiger partial charge is 0.321 e. The van der Waals surface area contributed by atoms with Gasteiger partial charge in [-0.3, -0.25) is 9.69 Å². The maximum atomic E-state index is 13.6. The van der Waals surface area contributed by atoms with Crippen LogP contribution in [0.3, 0.4) is 0 Å². The standard InChI is InChI=1S/C24H20ClN5O3/c1-33-18-8-9-20-19(13-18)23(31)30(21-10-5-16(25)14-27-21)22(28-20)15-3-6-17(7-4-15)29-12-2-11-26-24(29)32/h3-10,13-14H,2,11-12H2,1H3,(H,26,32). The monoisotopic (exact) mass is 461 g/mol. The molecule has 1 aliphatic heterocycles. The molecule has 1 N–H and O–H groups in total. The van der Waals surface area contributed by atoms with Crippen molar-refractivity contribution < 1.29 is 9.53 Å². The molecule has 8 nitrogen and oxygen atoms in total. The second kappa shape index (κ2) is 8.55. The molecule has 1 aliphatic rings. The van der Waals surface area contributed by atoms with Gasteiger partial charge in [-0.2, -0.15) is 0 Å². The Kier molecular flexibility index (Phi) is 5.43. The number of carbonyl (C=O) groups is 1. The summed E-state index contributed by atoms with van der Waals surface area (Å²) >= 11 is 6.01. The van der Waals surface area contributed by atoms with E-state index in [-0.39, 0.29) is 11.6 Å². The predicted molar refractivity (Wildman–Crippen MR) is 127 cm³/mol. The lowest BCUT2D eigenvalue weighted by Gasteiger charge is -2.27. The van der Waals surface area contributed by atoms with E-state index in [9.17, 15) is 9.59 Å². The maximum Gasteiger partial charge on any atom is 0.321 e. The number of rotatable bonds is 4. The number of fused-ring (bicyclic) bond motifs is 1. The summed E-state index contributed by atoms with van der Waals surface area (Å²) in [7, 11) is 1.55. The Labute approximate surface area is 194 Å². The largest absolute Gasteiger partial charge is 0.497 e. The molecule has 0 saturated carbocycles. The van der Waals surface area contributed by atoms with Gasteiger partial charge in [-0.15, -0.1) is 0 Å². The number of carbonyl (C=O) groups excluding carboxylic acids is 1. The third-order valence-electron chi connectivity index (χ3n) is 5.53. The van der Waals surface area contributed by atoms with Gasteiger partial charge in [-0.05, 0) is 61.0 Å². The maximum absolute atomic E-state index is 13.6. The van der Waals surface area contributed by atoms with E-state index in [0.29, 0.717) is 52.0 Å². The molecular formula is C24H20ClN5O3. The quantitative estimate of drug-likeness (QED) is 0.495. The van der Waals surface area contributed by atoms with Crippen LogP contribution in [-0.2, 0) is 0 Å². The molecule has 0 unspecified atom stereocenters. The van der Waals surface area contributed by atoms with Crippen molar-refractivity contribution in [1.29, 1.82) is 0 Å². The van der Waals surface area contributed by atoms with Gasteiger partial charge in [0.05, 0.1) is 23.0 Å². The minimum atomic E-state index is -0.275. The van der Waals surface area contributed by atoms with Gasteiger partial charge in [0.25, 0.3) is 5.56 Å². The number of anilines is 1. The Hall–Kier alpha value is -3.91. The molecule has 3 heterocycles. The van der Waals surface area contributed by atoms with Crippen molar-refractivity contribution in [2.45, 2.75) is 6.42 Å². The van der Waals surface area contributed by atoms with Crippen molar-refractivity contribution in [2.75, 3.05) is 25.1 Å². The van der Waals surface area contributed by atoms with Gasteiger partial charge in [0.15, 0.2) is 0 Å². The zero-order valence-electron chi connectivity index (χ0n) is 17.8. The molecule has 0 aliphatic carbocycles. The number of urea groups is 1. The summed E-state index contributed by atoms with van der Waals surface area (Å²) in [5.74, 6) is 1.40. The van der Waals surface area contributed by atoms with Gasteiger partial charge in [0.1, 0.15) is 17.4 Å². The predicted octanol–water partition coefficient (Wildman–Crippen LogP) is 4.03. The van der Waals surface area contributed by atoms with Crippen molar-refractivity contribution in [2.24, 2.45) is 0 Å². The molecule has 2 aromatic heterocycles. The van der Waals surface area contributed by atoms with Crippen molar-refractivity contribution in [3.8, 4) is 23.0 Å². The lowest BCUT2D eigenvalue weighted by molar-refractivity contribution is 0.243. The average Bonchev–Trinajstić information content (AvgIpc) is 2.85. The third kappa shape index (κ3) is 3.89. The van der Waals surface area contributed by atoms with E-state index >= 15 is 0 Å². The highest BCUT2D eigenvalue weighted by Crippen LogP contribution is 2.26. The average molecular weight is 462 g/mol. The fourth-order valence-electron chi connectivity index (χ4n) is 3.86. The number of methoxy groups -OCH3 is 1. The summed E-state index contributed by atoms with van der Waals surface area (Å²) in [5.41, 5.74) is 1.76. The van der Waals surface area contributed by atoms with Gasteiger partial charge in [0.2, 0.25) is 0 Å². The minimum Gasteiger partial charge on any atom is -0.497 e. The number of hydrogen-bond donors (Lipinski definition) is 1. The van der Waals surface area contributed by atoms with Crippen LogP contribution in [-0.4, -0.2) is 40.8 Å². The number of hydrogen-bond acceptors (Lipinski definition) is 5. The number of benzene rings is 2. The first-order valence-electron chi connectivity index (χ1n) is 10.4. The summed E-state index contributed by atoms with van der Waals surface area (Å²) in [6.07, 6.45) is 2.37. The van der Waals surface area contributed by atoms with Gasteiger partial charge in [-0.25, -0.2) is 19.3 Å². The summed E-state index contributed by atoms with van der Waals surface area (Å²) in [6.45, 7) is 1.33. The first-order valence-corrected chi connectivity index (χ1v) is 10.8. The van der Waals surface area contributed by atoms with Crippen LogP contribution in [0.25, 0.3) is 28.1 Å². The van der Waals surface area contributed by atoms with Crippen LogP contribution in [0.2, 0.25) is 5.02 Å². The topological polar surface area (TPSA) is 89.3 Å². The molecule has 0 atom stereocenters. The SMILES string of the molecule is COc1ccc2nc(-c3ccc(N4CCCNC4=O)cc3)n(-c3ccc(Cl)cn3)c(=O)c2c1. The Morgan fingerprint density at radius 3 is 2.58 bits per heavy atom. The number of nitrogens with zero attached hydrogens (tertiary/aromatic N) is 4. The van der Waals surface area contributed by atoms with Crippen molar-refractivity contribution in [3.63, 3.8) is 0 Å². The molecule has 2 aromatic carbocycles. The third-order valence-corrected chi connectivity index (χ3v) is 5.76. The second-order valence-electron chi connectivity index (χ2n) is 7.58. The van der Waals surface area contributed by atoms with Gasteiger partial charge < -0.3 is 10.1 Å². The van der Waals surface area contributed by atoms with E-state index in [2.05, 4.69) is 10.3 Å². The van der Waals surface area contributed by atoms with Crippen molar-refractivity contribution >= 4 is 34.2 Å². The van der Waals surface area contributed by atoms with Gasteiger partial charge in [-0.1, -0.05) is 11.6 Å². The van der Waals surface area contributed by atoms with Gasteiger partial charge >= 0.3 is 6.03 Å². The van der Waals surface area contributed by atoms with Crippen LogP contribution < -0.4 is 20.5 Å². The van der Waals surface area contributed by atoms with Crippen LogP contribution in [0.5, 0.6) is 5.75 Å². The fraction of sp³-hybridized carbons (Fsp3) is 0.167. The Morgan fingerprint density at radius 1 is 1.06 bits per heavy atom. The molecule has 2 amide bonds. The first kappa shape index (κ1) is 21.0. The molecular weight excluding hydrogens is 442 g/mol. The van der Waals surface area contributed by atoms with Crippen LogP contribution >= 0.6 is 11.6 Å². The van der Waals surface area contributed by atoms with Crippen LogP contribution in [0.15, 0.2) is 65.6 Å². The molecule has 9 heteroatoms. The Morgan fingerprint density at radius 2 is 1.88 bits per heavy atom. The number of pyridine rings is 1. The molecule has 4 aromatic rings. The highest BCUT2D eigenvalue weighted by atomic mass is 35.5. The molecule has 33 heavy (non-hydrogen) atoms. The van der Waals surface area contributed by atoms with E-state index in [0.717, 1.165) is 12.1 Å². The summed E-state index contributed by atoms with van der Waals surface area (Å²) in [6, 6.07) is 15.8. The first-order chi connectivity index (χ1) is 16.0. The van der Waals surface area contributed by atoms with E-state index in [1.165, 1.54) is 10.8 Å². The molecule has 1 saturated heterocycles. The highest BCUT2D eigenvalue weighted by Gasteiger charge is 2.20. The van der Waals surface area contributed by atoms with Crippen molar-refractivity contribution in [1.82, 2.24) is 19.9 Å². The van der Waals surface area contributed by atoms with Crippen LogP contribution in [0, 0.1) is 0 Å². The molecule has 1 fully saturated rings. The normalized spacial score (nSPS) is 13.8. The highest BCUT2D eigenvalue weighted by molar-refractivity contribution is 6.30. The molecule has 0 radical (unpaired) electrons.